The van der Waals surface area contributed by atoms with Gasteiger partial charge in [0.25, 0.3) is 0 Å². The van der Waals surface area contributed by atoms with Crippen molar-refractivity contribution < 1.29 is 28.3 Å². The summed E-state index contributed by atoms with van der Waals surface area (Å²) in [6.07, 6.45) is 10.3. The van der Waals surface area contributed by atoms with Gasteiger partial charge in [-0.25, -0.2) is 0 Å². The van der Waals surface area contributed by atoms with E-state index in [4.69, 9.17) is 0 Å². The molecule has 0 heterocycles. The van der Waals surface area contributed by atoms with Gasteiger partial charge in [0, 0.05) is 0 Å². The second-order valence-corrected chi connectivity index (χ2v) is 9.93. The first kappa shape index (κ1) is 20.4. The Morgan fingerprint density at radius 1 is 1.40 bits per heavy atom. The fourth-order valence-electron chi connectivity index (χ4n) is 3.01. The maximum atomic E-state index is 10.3. The molecule has 0 spiro atoms. The molecule has 0 amide bonds. The Hall–Kier alpha value is 0.440. The summed E-state index contributed by atoms with van der Waals surface area (Å²) in [5.41, 5.74) is 1.41. The van der Waals surface area contributed by atoms with E-state index in [1.54, 1.807) is 6.56 Å². The molecule has 0 fully saturated rings. The van der Waals surface area contributed by atoms with Crippen LogP contribution >= 0.6 is 24.8 Å². The Balaban J connectivity index is 0.00000180. The molecule has 1 N–H and O–H groups in total. The van der Waals surface area contributed by atoms with Gasteiger partial charge in [-0.15, -0.1) is 24.8 Å². The van der Waals surface area contributed by atoms with Crippen molar-refractivity contribution in [3.63, 3.8) is 0 Å². The van der Waals surface area contributed by atoms with E-state index in [2.05, 4.69) is 39.0 Å². The summed E-state index contributed by atoms with van der Waals surface area (Å²) in [6, 6.07) is 0. The molecule has 20 heavy (non-hydrogen) atoms. The van der Waals surface area contributed by atoms with Crippen LogP contribution in [-0.4, -0.2) is 15.3 Å². The maximum Gasteiger partial charge on any atom is -0.147 e. The van der Waals surface area contributed by atoms with Crippen molar-refractivity contribution in [2.24, 2.45) is 5.41 Å². The van der Waals surface area contributed by atoms with Crippen molar-refractivity contribution in [2.75, 3.05) is 0 Å². The number of aliphatic hydroxyl groups excluding tert-OH is 1. The molecule has 112 valence electrons. The minimum Gasteiger partial charge on any atom is -0.147 e. The normalized spacial score (nSPS) is 24.6. The van der Waals surface area contributed by atoms with Gasteiger partial charge in [0.1, 0.15) is 0 Å². The predicted molar refractivity (Wildman–Crippen MR) is 91.6 cm³/mol. The van der Waals surface area contributed by atoms with E-state index in [-0.39, 0.29) is 30.2 Å². The van der Waals surface area contributed by atoms with Crippen molar-refractivity contribution in [1.29, 1.82) is 0 Å². The summed E-state index contributed by atoms with van der Waals surface area (Å²) in [4.78, 5) is 0. The first-order chi connectivity index (χ1) is 8.50. The zero-order chi connectivity index (χ0) is 13.3. The molecule has 2 rings (SSSR count). The molecule has 0 aromatic carbocycles. The van der Waals surface area contributed by atoms with Gasteiger partial charge < -0.3 is 0 Å². The first-order valence-corrected chi connectivity index (χ1v) is 10.2. The van der Waals surface area contributed by atoms with Crippen molar-refractivity contribution in [3.8, 4) is 0 Å². The summed E-state index contributed by atoms with van der Waals surface area (Å²) in [6.45, 7) is 6.74. The maximum absolute atomic E-state index is 10.3. The fraction of sp³-hybridized carbons (Fsp3) is 0.467. The Kier molecular flexibility index (Phi) is 8.35. The Morgan fingerprint density at radius 3 is 2.55 bits per heavy atom. The van der Waals surface area contributed by atoms with Crippen molar-refractivity contribution in [1.82, 2.24) is 0 Å². The molecule has 0 saturated heterocycles. The van der Waals surface area contributed by atoms with Gasteiger partial charge in [-0.2, -0.15) is 0 Å². The van der Waals surface area contributed by atoms with Crippen LogP contribution in [0, 0.1) is 5.41 Å². The summed E-state index contributed by atoms with van der Waals surface area (Å²) in [7, 11) is 0.984. The van der Waals surface area contributed by atoms with Gasteiger partial charge in [-0.05, 0) is 0 Å². The number of rotatable bonds is 4. The Morgan fingerprint density at radius 2 is 2.05 bits per heavy atom. The second kappa shape index (κ2) is 8.17. The fourth-order valence-corrected chi connectivity index (χ4v) is 8.64. The molecule has 0 aromatic heterocycles. The summed E-state index contributed by atoms with van der Waals surface area (Å²) < 4.78 is 3.32. The minimum atomic E-state index is -0.675. The van der Waals surface area contributed by atoms with Crippen LogP contribution in [0.3, 0.4) is 0 Å². The molecule has 0 aliphatic heterocycles. The van der Waals surface area contributed by atoms with Gasteiger partial charge in [0.15, 0.2) is 0 Å². The average molecular weight is 411 g/mol. The SMILES string of the molecule is CCCC1(C)C(C)=C(O)C([SiH3])=[C]1[Zr][C]1=CC=CC1.Cl.Cl. The zero-order valence-electron chi connectivity index (χ0n) is 12.6. The summed E-state index contributed by atoms with van der Waals surface area (Å²) in [5.74, 6) is 0.639. The second-order valence-electron chi connectivity index (χ2n) is 5.50. The largest absolute Gasteiger partial charge is 0.147 e. The number of halogens is 2. The third kappa shape index (κ3) is 3.61. The number of hydrogen-bond donors (Lipinski definition) is 1. The molecular weight excluding hydrogens is 386 g/mol. The van der Waals surface area contributed by atoms with Crippen LogP contribution in [0.5, 0.6) is 0 Å². The average Bonchev–Trinajstić information content (AvgIpc) is 2.90. The molecule has 2 aliphatic rings. The summed E-state index contributed by atoms with van der Waals surface area (Å²) >= 11 is -0.675. The van der Waals surface area contributed by atoms with E-state index >= 15 is 0 Å². The monoisotopic (exact) mass is 408 g/mol. The van der Waals surface area contributed by atoms with E-state index in [1.165, 1.54) is 23.6 Å². The van der Waals surface area contributed by atoms with Crippen LogP contribution in [0.4, 0.5) is 0 Å². The van der Waals surface area contributed by atoms with Crippen LogP contribution in [0.1, 0.15) is 40.0 Å². The first-order valence-electron chi connectivity index (χ1n) is 6.75. The van der Waals surface area contributed by atoms with Crippen LogP contribution < -0.4 is 0 Å². The van der Waals surface area contributed by atoms with Gasteiger partial charge in [0.2, 0.25) is 0 Å². The van der Waals surface area contributed by atoms with Crippen LogP contribution in [0.2, 0.25) is 0 Å². The van der Waals surface area contributed by atoms with Gasteiger partial charge in [0.05, 0.1) is 0 Å². The molecule has 2 aliphatic carbocycles. The van der Waals surface area contributed by atoms with Crippen LogP contribution in [-0.2, 0) is 23.2 Å². The zero-order valence-corrected chi connectivity index (χ0v) is 18.7. The van der Waals surface area contributed by atoms with E-state index in [1.807, 2.05) is 0 Å². The van der Waals surface area contributed by atoms with E-state index in [0.29, 0.717) is 5.76 Å². The third-order valence-corrected chi connectivity index (χ3v) is 11.1. The van der Waals surface area contributed by atoms with Crippen molar-refractivity contribution in [2.45, 2.75) is 40.0 Å². The smallest absolute Gasteiger partial charge is 0.147 e. The minimum absolute atomic E-state index is 0. The van der Waals surface area contributed by atoms with Crippen molar-refractivity contribution >= 4 is 35.1 Å². The Bertz CT molecular complexity index is 494. The third-order valence-electron chi connectivity index (χ3n) is 4.27. The van der Waals surface area contributed by atoms with E-state index in [9.17, 15) is 5.11 Å². The molecule has 0 bridgehead atoms. The number of allylic oxidation sites excluding steroid dienone is 7. The molecule has 1 atom stereocenters. The molecule has 0 aromatic rings. The molecule has 0 radical (unpaired) electrons. The standard InChI is InChI=1S/C10H17OSi.C5H5.2ClH.Zr/c1-4-5-10(3)6-8(12)9(11)7(10)2;1-2-4-5-3-1;;;/h11H,4-5H2,1-3,12H3;1-3H,4H2;2*1H;. The molecular formula is C15H24Cl2OSiZr. The summed E-state index contributed by atoms with van der Waals surface area (Å²) in [5, 5.41) is 11.6. The van der Waals surface area contributed by atoms with Crippen LogP contribution in [0.15, 0.2) is 41.3 Å². The molecule has 1 unspecified atom stereocenters. The quantitative estimate of drug-likeness (QED) is 0.695. The van der Waals surface area contributed by atoms with Crippen LogP contribution in [0.25, 0.3) is 0 Å². The number of hydrogen-bond acceptors (Lipinski definition) is 1. The molecule has 5 heteroatoms. The topological polar surface area (TPSA) is 20.2 Å². The predicted octanol–water partition coefficient (Wildman–Crippen LogP) is 3.99. The Labute approximate surface area is 149 Å². The van der Waals surface area contributed by atoms with E-state index < -0.39 is 23.2 Å². The molecule has 0 saturated carbocycles. The van der Waals surface area contributed by atoms with Gasteiger partial charge in [-0.1, -0.05) is 0 Å². The molecule has 1 nitrogen and oxygen atoms in total. The van der Waals surface area contributed by atoms with E-state index in [0.717, 1.165) is 16.7 Å². The van der Waals surface area contributed by atoms with Crippen molar-refractivity contribution in [3.05, 3.63) is 41.3 Å². The number of aliphatic hydroxyl groups is 1. The van der Waals surface area contributed by atoms with Gasteiger partial charge in [-0.3, -0.25) is 0 Å². The van der Waals surface area contributed by atoms with Gasteiger partial charge >= 0.3 is 125 Å².